The van der Waals surface area contributed by atoms with Gasteiger partial charge in [-0.25, -0.2) is 4.98 Å². The Labute approximate surface area is 75.8 Å². The molecule has 0 amide bonds. The number of carbonyl (C=O) groups is 1. The summed E-state index contributed by atoms with van der Waals surface area (Å²) >= 11 is 0. The second-order valence-electron chi connectivity index (χ2n) is 2.70. The molecule has 13 heavy (non-hydrogen) atoms. The number of anilines is 2. The molecule has 0 atom stereocenters. The second-order valence-corrected chi connectivity index (χ2v) is 2.70. The van der Waals surface area contributed by atoms with E-state index in [9.17, 15) is 4.79 Å². The molecule has 3 N–H and O–H groups in total. The zero-order chi connectivity index (χ0) is 9.84. The Morgan fingerprint density at radius 1 is 1.77 bits per heavy atom. The predicted octanol–water partition coefficient (Wildman–Crippen LogP) is 0.185. The minimum Gasteiger partial charge on any atom is -0.480 e. The van der Waals surface area contributed by atoms with E-state index in [4.69, 9.17) is 10.8 Å². The van der Waals surface area contributed by atoms with Crippen molar-refractivity contribution in [3.8, 4) is 0 Å². The lowest BCUT2D eigenvalue weighted by Gasteiger charge is -2.15. The molecule has 0 fully saturated rings. The van der Waals surface area contributed by atoms with Gasteiger partial charge in [-0.05, 0) is 6.07 Å². The fourth-order valence-corrected chi connectivity index (χ4v) is 0.927. The number of carboxylic acid groups (broad SMARTS) is 1. The van der Waals surface area contributed by atoms with Crippen LogP contribution in [0.3, 0.4) is 0 Å². The molecule has 1 rings (SSSR count). The Balaban J connectivity index is 2.76. The normalized spacial score (nSPS) is 9.62. The highest BCUT2D eigenvalue weighted by Gasteiger charge is 2.06. The fourth-order valence-electron chi connectivity index (χ4n) is 0.927. The molecule has 0 saturated carbocycles. The average Bonchev–Trinajstić information content (AvgIpc) is 2.03. The van der Waals surface area contributed by atoms with Gasteiger partial charge in [0.2, 0.25) is 0 Å². The number of nitrogens with zero attached hydrogens (tertiary/aromatic N) is 2. The summed E-state index contributed by atoms with van der Waals surface area (Å²) in [7, 11) is 1.65. The minimum absolute atomic E-state index is 0.0869. The summed E-state index contributed by atoms with van der Waals surface area (Å²) in [4.78, 5) is 15.9. The number of aliphatic carboxylic acids is 1. The first-order valence-corrected chi connectivity index (χ1v) is 3.74. The second kappa shape index (κ2) is 3.75. The zero-order valence-corrected chi connectivity index (χ0v) is 7.27. The maximum absolute atomic E-state index is 10.4. The summed E-state index contributed by atoms with van der Waals surface area (Å²) < 4.78 is 0. The quantitative estimate of drug-likeness (QED) is 0.695. The molecule has 5 nitrogen and oxygen atoms in total. The van der Waals surface area contributed by atoms with Crippen molar-refractivity contribution in [2.45, 2.75) is 0 Å². The molecule has 5 heteroatoms. The minimum atomic E-state index is -0.897. The molecule has 0 spiro atoms. The van der Waals surface area contributed by atoms with Gasteiger partial charge in [0.05, 0.1) is 0 Å². The highest BCUT2D eigenvalue weighted by Crippen LogP contribution is 2.11. The third-order valence-corrected chi connectivity index (χ3v) is 1.53. The van der Waals surface area contributed by atoms with Crippen LogP contribution >= 0.6 is 0 Å². The summed E-state index contributed by atoms with van der Waals surface area (Å²) in [5, 5.41) is 8.51. The molecular formula is C8H11N3O2. The molecule has 0 unspecified atom stereocenters. The van der Waals surface area contributed by atoms with E-state index in [0.29, 0.717) is 11.5 Å². The van der Waals surface area contributed by atoms with Gasteiger partial charge in [-0.2, -0.15) is 0 Å². The molecule has 0 bridgehead atoms. The van der Waals surface area contributed by atoms with E-state index in [0.717, 1.165) is 0 Å². The average molecular weight is 181 g/mol. The lowest BCUT2D eigenvalue weighted by molar-refractivity contribution is -0.135. The van der Waals surface area contributed by atoms with Crippen molar-refractivity contribution in [1.29, 1.82) is 0 Å². The maximum Gasteiger partial charge on any atom is 0.323 e. The third kappa shape index (κ3) is 2.62. The Morgan fingerprint density at radius 3 is 3.00 bits per heavy atom. The number of likely N-dealkylation sites (N-methyl/N-ethyl adjacent to an activating group) is 1. The Hall–Kier alpha value is -1.78. The lowest BCUT2D eigenvalue weighted by Crippen LogP contribution is -2.25. The summed E-state index contributed by atoms with van der Waals surface area (Å²) in [5.74, 6) is -0.339. The number of aromatic nitrogens is 1. The summed E-state index contributed by atoms with van der Waals surface area (Å²) in [6.07, 6.45) is 1.54. The van der Waals surface area contributed by atoms with Crippen LogP contribution in [0.1, 0.15) is 0 Å². The van der Waals surface area contributed by atoms with Crippen molar-refractivity contribution in [3.05, 3.63) is 18.3 Å². The first kappa shape index (κ1) is 9.31. The van der Waals surface area contributed by atoms with Gasteiger partial charge >= 0.3 is 5.97 Å². The van der Waals surface area contributed by atoms with E-state index in [1.807, 2.05) is 0 Å². The molecule has 1 aromatic heterocycles. The number of hydrogen-bond donors (Lipinski definition) is 2. The predicted molar refractivity (Wildman–Crippen MR) is 49.6 cm³/mol. The van der Waals surface area contributed by atoms with Gasteiger partial charge in [-0.3, -0.25) is 4.79 Å². The largest absolute Gasteiger partial charge is 0.480 e. The fraction of sp³-hybridized carbons (Fsp3) is 0.250. The van der Waals surface area contributed by atoms with E-state index in [2.05, 4.69) is 4.98 Å². The van der Waals surface area contributed by atoms with E-state index in [-0.39, 0.29) is 6.54 Å². The molecule has 70 valence electrons. The Morgan fingerprint density at radius 2 is 2.46 bits per heavy atom. The number of rotatable bonds is 3. The van der Waals surface area contributed by atoms with Crippen LogP contribution < -0.4 is 10.6 Å². The van der Waals surface area contributed by atoms with E-state index < -0.39 is 5.97 Å². The molecule has 0 radical (unpaired) electrons. The molecule has 0 saturated heterocycles. The number of nitrogen functional groups attached to an aromatic ring is 1. The molecule has 0 aromatic carbocycles. The van der Waals surface area contributed by atoms with Crippen molar-refractivity contribution < 1.29 is 9.90 Å². The van der Waals surface area contributed by atoms with Gasteiger partial charge in [0, 0.05) is 25.0 Å². The molecule has 0 aliphatic carbocycles. The van der Waals surface area contributed by atoms with Crippen LogP contribution in [0.5, 0.6) is 0 Å². The number of pyridine rings is 1. The SMILES string of the molecule is CN(CC(=O)O)c1cc(N)ccn1. The van der Waals surface area contributed by atoms with Crippen molar-refractivity contribution in [2.24, 2.45) is 0 Å². The first-order valence-electron chi connectivity index (χ1n) is 3.74. The van der Waals surface area contributed by atoms with Gasteiger partial charge in [0.15, 0.2) is 0 Å². The lowest BCUT2D eigenvalue weighted by atomic mass is 10.4. The molecule has 1 heterocycles. The van der Waals surface area contributed by atoms with Crippen molar-refractivity contribution in [1.82, 2.24) is 4.98 Å². The topological polar surface area (TPSA) is 79.5 Å². The van der Waals surface area contributed by atoms with Crippen LogP contribution in [-0.2, 0) is 4.79 Å². The molecular weight excluding hydrogens is 170 g/mol. The molecule has 1 aromatic rings. The van der Waals surface area contributed by atoms with Crippen molar-refractivity contribution in [2.75, 3.05) is 24.2 Å². The summed E-state index contributed by atoms with van der Waals surface area (Å²) in [6, 6.07) is 3.28. The van der Waals surface area contributed by atoms with Gasteiger partial charge in [0.1, 0.15) is 12.4 Å². The Bertz CT molecular complexity index is 314. The van der Waals surface area contributed by atoms with Gasteiger partial charge in [-0.1, -0.05) is 0 Å². The molecule has 0 aliphatic heterocycles. The van der Waals surface area contributed by atoms with Crippen LogP contribution in [0.2, 0.25) is 0 Å². The van der Waals surface area contributed by atoms with E-state index in [1.54, 1.807) is 25.4 Å². The maximum atomic E-state index is 10.4. The van der Waals surface area contributed by atoms with Gasteiger partial charge < -0.3 is 15.7 Å². The Kier molecular flexibility index (Phi) is 2.69. The number of nitrogens with two attached hydrogens (primary N) is 1. The summed E-state index contributed by atoms with van der Waals surface area (Å²) in [5.41, 5.74) is 6.08. The van der Waals surface area contributed by atoms with Crippen LogP contribution in [0.15, 0.2) is 18.3 Å². The molecule has 0 aliphatic rings. The van der Waals surface area contributed by atoms with Crippen LogP contribution in [0, 0.1) is 0 Å². The van der Waals surface area contributed by atoms with Crippen molar-refractivity contribution >= 4 is 17.5 Å². The highest BCUT2D eigenvalue weighted by atomic mass is 16.4. The van der Waals surface area contributed by atoms with E-state index in [1.165, 1.54) is 4.90 Å². The smallest absolute Gasteiger partial charge is 0.323 e. The number of hydrogen-bond acceptors (Lipinski definition) is 4. The van der Waals surface area contributed by atoms with Gasteiger partial charge in [0.25, 0.3) is 0 Å². The van der Waals surface area contributed by atoms with Crippen LogP contribution in [-0.4, -0.2) is 29.7 Å². The standard InChI is InChI=1S/C8H11N3O2/c1-11(5-8(12)13)7-4-6(9)2-3-10-7/h2-4H,5H2,1H3,(H2,9,10)(H,12,13). The van der Waals surface area contributed by atoms with Crippen LogP contribution in [0.25, 0.3) is 0 Å². The zero-order valence-electron chi connectivity index (χ0n) is 7.27. The van der Waals surface area contributed by atoms with Crippen molar-refractivity contribution in [3.63, 3.8) is 0 Å². The van der Waals surface area contributed by atoms with Gasteiger partial charge in [-0.15, -0.1) is 0 Å². The summed E-state index contributed by atoms with van der Waals surface area (Å²) in [6.45, 7) is -0.0869. The third-order valence-electron chi connectivity index (χ3n) is 1.53. The monoisotopic (exact) mass is 181 g/mol. The van der Waals surface area contributed by atoms with E-state index >= 15 is 0 Å². The van der Waals surface area contributed by atoms with Crippen LogP contribution in [0.4, 0.5) is 11.5 Å². The highest BCUT2D eigenvalue weighted by molar-refractivity contribution is 5.73. The number of carboxylic acids is 1. The first-order chi connectivity index (χ1) is 6.09.